The van der Waals surface area contributed by atoms with Gasteiger partial charge in [0, 0.05) is 5.41 Å². The average Bonchev–Trinajstić information content (AvgIpc) is 2.58. The second kappa shape index (κ2) is 6.16. The van der Waals surface area contributed by atoms with Gasteiger partial charge < -0.3 is 0 Å². The quantitative estimate of drug-likeness (QED) is 0.566. The van der Waals surface area contributed by atoms with Gasteiger partial charge in [0.15, 0.2) is 0 Å². The third kappa shape index (κ3) is 3.59. The fraction of sp³-hybridized carbons (Fsp3) is 0.440. The molecule has 3 rings (SSSR count). The molecule has 0 bridgehead atoms. The van der Waals surface area contributed by atoms with Crippen molar-refractivity contribution in [3.63, 3.8) is 0 Å². The Balaban J connectivity index is 1.99. The molecule has 0 atom stereocenters. The zero-order valence-corrected chi connectivity index (χ0v) is 16.7. The van der Waals surface area contributed by atoms with E-state index in [2.05, 4.69) is 102 Å². The maximum Gasteiger partial charge on any atom is 0.00787 e. The highest BCUT2D eigenvalue weighted by atomic mass is 14.4. The van der Waals surface area contributed by atoms with E-state index in [1.165, 1.54) is 29.5 Å². The predicted molar refractivity (Wildman–Crippen MR) is 110 cm³/mol. The first kappa shape index (κ1) is 18.0. The first-order valence-corrected chi connectivity index (χ1v) is 9.52. The summed E-state index contributed by atoms with van der Waals surface area (Å²) >= 11 is 0. The van der Waals surface area contributed by atoms with E-state index in [0.29, 0.717) is 0 Å². The Labute approximate surface area is 154 Å². The van der Waals surface area contributed by atoms with Crippen LogP contribution in [0.5, 0.6) is 0 Å². The topological polar surface area (TPSA) is 0 Å². The molecule has 132 valence electrons. The van der Waals surface area contributed by atoms with Crippen molar-refractivity contribution in [2.45, 2.75) is 70.6 Å². The van der Waals surface area contributed by atoms with Gasteiger partial charge in [-0.2, -0.15) is 0 Å². The van der Waals surface area contributed by atoms with Crippen LogP contribution in [0.3, 0.4) is 0 Å². The predicted octanol–water partition coefficient (Wildman–Crippen LogP) is 7.03. The highest BCUT2D eigenvalue weighted by molar-refractivity contribution is 5.53. The van der Waals surface area contributed by atoms with Crippen LogP contribution in [-0.4, -0.2) is 0 Å². The normalized spacial score (nSPS) is 19.0. The molecule has 0 unspecified atom stereocenters. The highest BCUT2D eigenvalue weighted by Crippen LogP contribution is 2.46. The molecular formula is C25H32. The number of hydrogen-bond donors (Lipinski definition) is 0. The number of hydrogen-bond acceptors (Lipinski definition) is 0. The molecule has 0 aliphatic heterocycles. The molecule has 0 saturated carbocycles. The Morgan fingerprint density at radius 1 is 0.800 bits per heavy atom. The monoisotopic (exact) mass is 332 g/mol. The summed E-state index contributed by atoms with van der Waals surface area (Å²) in [6.45, 7) is 14.2. The van der Waals surface area contributed by atoms with Crippen LogP contribution in [0.2, 0.25) is 0 Å². The summed E-state index contributed by atoms with van der Waals surface area (Å²) in [5, 5.41) is 0. The van der Waals surface area contributed by atoms with Crippen molar-refractivity contribution in [1.29, 1.82) is 0 Å². The Morgan fingerprint density at radius 3 is 2.04 bits per heavy atom. The largest absolute Gasteiger partial charge is 0.0739 e. The Hall–Kier alpha value is -1.82. The molecule has 25 heavy (non-hydrogen) atoms. The molecule has 0 nitrogen and oxygen atoms in total. The van der Waals surface area contributed by atoms with Crippen LogP contribution in [0.25, 0.3) is 6.08 Å². The Morgan fingerprint density at radius 2 is 1.40 bits per heavy atom. The summed E-state index contributed by atoms with van der Waals surface area (Å²) in [6, 6.07) is 17.8. The van der Waals surface area contributed by atoms with Crippen LogP contribution in [0, 0.1) is 0 Å². The molecule has 0 N–H and O–H groups in total. The number of fused-ring (bicyclic) bond motifs is 1. The first-order chi connectivity index (χ1) is 11.6. The molecule has 1 aliphatic carbocycles. The fourth-order valence-electron chi connectivity index (χ4n) is 3.95. The van der Waals surface area contributed by atoms with E-state index >= 15 is 0 Å². The molecule has 0 aromatic heterocycles. The maximum atomic E-state index is 2.48. The van der Waals surface area contributed by atoms with Gasteiger partial charge in [-0.25, -0.2) is 0 Å². The SMILES string of the molecule is CC(C)(/C=C/c1ccccc1)c1ccc2c(c1)C(C)(C)CCC2(C)C. The van der Waals surface area contributed by atoms with E-state index in [1.54, 1.807) is 5.56 Å². The van der Waals surface area contributed by atoms with Gasteiger partial charge in [-0.1, -0.05) is 102 Å². The van der Waals surface area contributed by atoms with Crippen molar-refractivity contribution >= 4 is 6.08 Å². The Bertz CT molecular complexity index is 773. The average molecular weight is 333 g/mol. The molecular weight excluding hydrogens is 300 g/mol. The fourth-order valence-corrected chi connectivity index (χ4v) is 3.95. The molecule has 0 heteroatoms. The number of allylic oxidation sites excluding steroid dienone is 1. The summed E-state index contributed by atoms with van der Waals surface area (Å²) in [5.74, 6) is 0. The van der Waals surface area contributed by atoms with E-state index in [1.807, 2.05) is 0 Å². The van der Waals surface area contributed by atoms with Gasteiger partial charge in [0.25, 0.3) is 0 Å². The molecule has 0 fully saturated rings. The second-order valence-electron chi connectivity index (χ2n) is 9.49. The van der Waals surface area contributed by atoms with Gasteiger partial charge >= 0.3 is 0 Å². The van der Waals surface area contributed by atoms with Crippen LogP contribution >= 0.6 is 0 Å². The van der Waals surface area contributed by atoms with Crippen LogP contribution in [0.1, 0.15) is 76.6 Å². The molecule has 0 radical (unpaired) electrons. The van der Waals surface area contributed by atoms with Crippen LogP contribution in [0.4, 0.5) is 0 Å². The standard InChI is InChI=1S/C25H32/c1-23(2,15-14-19-10-8-7-9-11-19)20-12-13-21-22(18-20)25(5,6)17-16-24(21,3)4/h7-15,18H,16-17H2,1-6H3/b15-14+. The summed E-state index contributed by atoms with van der Waals surface area (Å²) < 4.78 is 0. The summed E-state index contributed by atoms with van der Waals surface area (Å²) in [6.07, 6.45) is 7.11. The molecule has 2 aromatic rings. The zero-order chi connectivity index (χ0) is 18.3. The van der Waals surface area contributed by atoms with Gasteiger partial charge in [0.05, 0.1) is 0 Å². The van der Waals surface area contributed by atoms with Crippen LogP contribution in [0.15, 0.2) is 54.6 Å². The summed E-state index contributed by atoms with van der Waals surface area (Å²) in [4.78, 5) is 0. The van der Waals surface area contributed by atoms with E-state index in [-0.39, 0.29) is 16.2 Å². The molecule has 0 heterocycles. The lowest BCUT2D eigenvalue weighted by Crippen LogP contribution is -2.34. The molecule has 2 aromatic carbocycles. The van der Waals surface area contributed by atoms with Crippen molar-refractivity contribution in [3.8, 4) is 0 Å². The lowest BCUT2D eigenvalue weighted by atomic mass is 9.62. The van der Waals surface area contributed by atoms with E-state index in [0.717, 1.165) is 0 Å². The van der Waals surface area contributed by atoms with Crippen molar-refractivity contribution in [1.82, 2.24) is 0 Å². The van der Waals surface area contributed by atoms with Crippen molar-refractivity contribution in [3.05, 3.63) is 76.9 Å². The van der Waals surface area contributed by atoms with Crippen molar-refractivity contribution in [2.24, 2.45) is 0 Å². The zero-order valence-electron chi connectivity index (χ0n) is 16.7. The van der Waals surface area contributed by atoms with Gasteiger partial charge in [-0.05, 0) is 45.9 Å². The lowest BCUT2D eigenvalue weighted by molar-refractivity contribution is 0.331. The Kier molecular flexibility index (Phi) is 4.43. The molecule has 0 amide bonds. The third-order valence-corrected chi connectivity index (χ3v) is 6.09. The minimum Gasteiger partial charge on any atom is -0.0739 e. The van der Waals surface area contributed by atoms with Crippen molar-refractivity contribution < 1.29 is 0 Å². The van der Waals surface area contributed by atoms with E-state index in [9.17, 15) is 0 Å². The third-order valence-electron chi connectivity index (χ3n) is 6.09. The molecule has 1 aliphatic rings. The van der Waals surface area contributed by atoms with E-state index < -0.39 is 0 Å². The van der Waals surface area contributed by atoms with Gasteiger partial charge in [0.2, 0.25) is 0 Å². The van der Waals surface area contributed by atoms with Crippen LogP contribution < -0.4 is 0 Å². The summed E-state index contributed by atoms with van der Waals surface area (Å²) in [7, 11) is 0. The van der Waals surface area contributed by atoms with Gasteiger partial charge in [0.1, 0.15) is 0 Å². The first-order valence-electron chi connectivity index (χ1n) is 9.52. The van der Waals surface area contributed by atoms with Gasteiger partial charge in [-0.15, -0.1) is 0 Å². The lowest BCUT2D eigenvalue weighted by Gasteiger charge is -2.42. The maximum absolute atomic E-state index is 2.48. The number of rotatable bonds is 3. The minimum absolute atomic E-state index is 0.0164. The highest BCUT2D eigenvalue weighted by Gasteiger charge is 2.37. The molecule has 0 spiro atoms. The van der Waals surface area contributed by atoms with E-state index in [4.69, 9.17) is 0 Å². The van der Waals surface area contributed by atoms with Crippen molar-refractivity contribution in [2.75, 3.05) is 0 Å². The summed E-state index contributed by atoms with van der Waals surface area (Å²) in [5.41, 5.74) is 6.31. The van der Waals surface area contributed by atoms with Crippen LogP contribution in [-0.2, 0) is 16.2 Å². The van der Waals surface area contributed by atoms with Gasteiger partial charge in [-0.3, -0.25) is 0 Å². The molecule has 0 saturated heterocycles. The number of benzene rings is 2. The second-order valence-corrected chi connectivity index (χ2v) is 9.49. The smallest absolute Gasteiger partial charge is 0.00787 e. The minimum atomic E-state index is 0.0164.